The van der Waals surface area contributed by atoms with E-state index in [9.17, 15) is 0 Å². The van der Waals surface area contributed by atoms with Crippen molar-refractivity contribution in [1.82, 2.24) is 19.9 Å². The van der Waals surface area contributed by atoms with Crippen LogP contribution in [0.4, 0.5) is 11.8 Å². The summed E-state index contributed by atoms with van der Waals surface area (Å²) < 4.78 is 0. The average Bonchev–Trinajstić information content (AvgIpc) is 3.38. The summed E-state index contributed by atoms with van der Waals surface area (Å²) in [7, 11) is 0. The van der Waals surface area contributed by atoms with Gasteiger partial charge in [0.1, 0.15) is 5.82 Å². The minimum absolute atomic E-state index is 0.281. The highest BCUT2D eigenvalue weighted by Crippen LogP contribution is 2.22. The Morgan fingerprint density at radius 2 is 1.83 bits per heavy atom. The van der Waals surface area contributed by atoms with Crippen molar-refractivity contribution in [1.29, 1.82) is 0 Å². The number of H-pyrrole nitrogens is 2. The number of aryl methyl sites for hydroxylation is 2. The third-order valence-corrected chi connectivity index (χ3v) is 5.30. The summed E-state index contributed by atoms with van der Waals surface area (Å²) in [5, 5.41) is 5.91. The number of anilines is 2. The van der Waals surface area contributed by atoms with Crippen molar-refractivity contribution < 1.29 is 0 Å². The van der Waals surface area contributed by atoms with E-state index in [1.165, 1.54) is 21.9 Å². The second kappa shape index (κ2) is 7.31. The lowest BCUT2D eigenvalue weighted by Gasteiger charge is -2.11. The topological polar surface area (TPSA) is 95.4 Å². The lowest BCUT2D eigenvalue weighted by molar-refractivity contribution is 0.935. The molecule has 0 spiro atoms. The van der Waals surface area contributed by atoms with Gasteiger partial charge in [-0.25, -0.2) is 4.98 Å². The maximum atomic E-state index is 5.85. The largest absolute Gasteiger partial charge is 0.368 e. The number of fused-ring (bicyclic) bond motifs is 2. The fourth-order valence-corrected chi connectivity index (χ4v) is 3.75. The van der Waals surface area contributed by atoms with Crippen LogP contribution in [0.25, 0.3) is 21.8 Å². The molecule has 2 aromatic carbocycles. The van der Waals surface area contributed by atoms with E-state index in [1.807, 2.05) is 18.5 Å². The van der Waals surface area contributed by atoms with Gasteiger partial charge in [0.15, 0.2) is 0 Å². The van der Waals surface area contributed by atoms with Gasteiger partial charge in [0.2, 0.25) is 5.95 Å². The standard InChI is InChI=1S/C23H22N6/c24-23-28-14-18(8-7-17-13-26-20-4-2-1-3-19(17)20)22(29-23)27-12-15-5-6-16-9-10-25-21(16)11-15/h1-6,9-11,13-14,25-26H,7-8,12H2,(H3,24,27,28,29). The van der Waals surface area contributed by atoms with E-state index < -0.39 is 0 Å². The van der Waals surface area contributed by atoms with Gasteiger partial charge < -0.3 is 21.0 Å². The van der Waals surface area contributed by atoms with Crippen LogP contribution < -0.4 is 11.1 Å². The molecule has 0 aliphatic rings. The van der Waals surface area contributed by atoms with Crippen LogP contribution in [0, 0.1) is 0 Å². The summed E-state index contributed by atoms with van der Waals surface area (Å²) in [4.78, 5) is 15.2. The van der Waals surface area contributed by atoms with Crippen molar-refractivity contribution in [2.24, 2.45) is 0 Å². The van der Waals surface area contributed by atoms with E-state index in [1.54, 1.807) is 0 Å². The number of benzene rings is 2. The van der Waals surface area contributed by atoms with Crippen LogP contribution in [0.3, 0.4) is 0 Å². The van der Waals surface area contributed by atoms with Gasteiger partial charge in [-0.3, -0.25) is 0 Å². The van der Waals surface area contributed by atoms with E-state index in [-0.39, 0.29) is 5.95 Å². The molecule has 5 rings (SSSR count). The Bertz CT molecular complexity index is 1280. The summed E-state index contributed by atoms with van der Waals surface area (Å²) in [5.74, 6) is 1.08. The zero-order valence-corrected chi connectivity index (χ0v) is 15.9. The SMILES string of the molecule is Nc1ncc(CCc2c[nH]c3ccccc23)c(NCc2ccc3cc[nH]c3c2)n1. The Morgan fingerprint density at radius 1 is 0.931 bits per heavy atom. The molecule has 5 N–H and O–H groups in total. The van der Waals surface area contributed by atoms with Gasteiger partial charge in [-0.15, -0.1) is 0 Å². The molecule has 144 valence electrons. The predicted octanol–water partition coefficient (Wildman–Crippen LogP) is 4.42. The third-order valence-electron chi connectivity index (χ3n) is 5.30. The lowest BCUT2D eigenvalue weighted by atomic mass is 10.0. The normalized spacial score (nSPS) is 11.3. The first-order chi connectivity index (χ1) is 14.3. The Kier molecular flexibility index (Phi) is 4.37. The molecule has 0 unspecified atom stereocenters. The number of hydrogen-bond donors (Lipinski definition) is 4. The fraction of sp³-hybridized carbons (Fsp3) is 0.130. The number of aromatic nitrogens is 4. The molecule has 0 atom stereocenters. The van der Waals surface area contributed by atoms with E-state index in [4.69, 9.17) is 5.73 Å². The Morgan fingerprint density at radius 3 is 2.79 bits per heavy atom. The van der Waals surface area contributed by atoms with Gasteiger partial charge in [-0.2, -0.15) is 4.98 Å². The van der Waals surface area contributed by atoms with Gasteiger partial charge in [-0.05, 0) is 47.6 Å². The molecule has 3 aromatic heterocycles. The number of hydrogen-bond acceptors (Lipinski definition) is 4. The van der Waals surface area contributed by atoms with Gasteiger partial charge in [0.25, 0.3) is 0 Å². The van der Waals surface area contributed by atoms with Crippen molar-refractivity contribution in [3.8, 4) is 0 Å². The molecule has 0 amide bonds. The Hall–Kier alpha value is -3.80. The van der Waals surface area contributed by atoms with Crippen LogP contribution in [-0.4, -0.2) is 19.9 Å². The smallest absolute Gasteiger partial charge is 0.221 e. The highest BCUT2D eigenvalue weighted by atomic mass is 15.1. The quantitative estimate of drug-likeness (QED) is 0.350. The minimum atomic E-state index is 0.281. The van der Waals surface area contributed by atoms with E-state index in [0.717, 1.165) is 35.3 Å². The molecule has 0 aliphatic carbocycles. The summed E-state index contributed by atoms with van der Waals surface area (Å²) in [6.07, 6.45) is 7.60. The van der Waals surface area contributed by atoms with Gasteiger partial charge in [0.05, 0.1) is 0 Å². The van der Waals surface area contributed by atoms with Gasteiger partial charge >= 0.3 is 0 Å². The van der Waals surface area contributed by atoms with E-state index in [0.29, 0.717) is 6.54 Å². The molecule has 0 fully saturated rings. The van der Waals surface area contributed by atoms with Crippen LogP contribution in [0.1, 0.15) is 16.7 Å². The second-order valence-corrected chi connectivity index (χ2v) is 7.21. The maximum Gasteiger partial charge on any atom is 0.221 e. The Labute approximate surface area is 168 Å². The van der Waals surface area contributed by atoms with Gasteiger partial charge in [0, 0.05) is 47.1 Å². The molecule has 0 aliphatic heterocycles. The lowest BCUT2D eigenvalue weighted by Crippen LogP contribution is -2.08. The third kappa shape index (κ3) is 3.52. The monoisotopic (exact) mass is 382 g/mol. The molecule has 0 radical (unpaired) electrons. The number of nitrogens with two attached hydrogens (primary N) is 1. The van der Waals surface area contributed by atoms with Crippen LogP contribution in [0.5, 0.6) is 0 Å². The zero-order valence-electron chi connectivity index (χ0n) is 15.9. The number of nitrogens with zero attached hydrogens (tertiary/aromatic N) is 2. The summed E-state index contributed by atoms with van der Waals surface area (Å²) in [5.41, 5.74) is 11.7. The van der Waals surface area contributed by atoms with E-state index in [2.05, 4.69) is 73.9 Å². The number of nitrogen functional groups attached to an aromatic ring is 1. The maximum absolute atomic E-state index is 5.85. The number of aromatic amines is 2. The fourth-order valence-electron chi connectivity index (χ4n) is 3.75. The molecule has 6 heteroatoms. The summed E-state index contributed by atoms with van der Waals surface area (Å²) >= 11 is 0. The number of para-hydroxylation sites is 1. The molecule has 6 nitrogen and oxygen atoms in total. The van der Waals surface area contributed by atoms with Crippen molar-refractivity contribution in [2.75, 3.05) is 11.1 Å². The highest BCUT2D eigenvalue weighted by Gasteiger charge is 2.09. The number of rotatable bonds is 6. The van der Waals surface area contributed by atoms with Crippen LogP contribution in [-0.2, 0) is 19.4 Å². The molecule has 3 heterocycles. The first-order valence-corrected chi connectivity index (χ1v) is 9.72. The molecule has 0 saturated carbocycles. The molecule has 5 aromatic rings. The van der Waals surface area contributed by atoms with Crippen LogP contribution in [0.15, 0.2) is 67.1 Å². The molecule has 29 heavy (non-hydrogen) atoms. The zero-order chi connectivity index (χ0) is 19.6. The molecular weight excluding hydrogens is 360 g/mol. The molecule has 0 bridgehead atoms. The second-order valence-electron chi connectivity index (χ2n) is 7.21. The Balaban J connectivity index is 1.34. The van der Waals surface area contributed by atoms with Gasteiger partial charge in [-0.1, -0.05) is 30.3 Å². The van der Waals surface area contributed by atoms with Crippen molar-refractivity contribution in [3.63, 3.8) is 0 Å². The summed E-state index contributed by atoms with van der Waals surface area (Å²) in [6.45, 7) is 0.672. The van der Waals surface area contributed by atoms with Crippen LogP contribution in [0.2, 0.25) is 0 Å². The van der Waals surface area contributed by atoms with Crippen molar-refractivity contribution in [2.45, 2.75) is 19.4 Å². The molecular formula is C23H22N6. The average molecular weight is 382 g/mol. The van der Waals surface area contributed by atoms with E-state index >= 15 is 0 Å². The first kappa shape index (κ1) is 17.3. The number of nitrogens with one attached hydrogen (secondary N) is 3. The minimum Gasteiger partial charge on any atom is -0.368 e. The van der Waals surface area contributed by atoms with Crippen LogP contribution >= 0.6 is 0 Å². The van der Waals surface area contributed by atoms with Crippen molar-refractivity contribution in [3.05, 3.63) is 83.8 Å². The summed E-state index contributed by atoms with van der Waals surface area (Å²) in [6, 6.07) is 16.8. The predicted molar refractivity (Wildman–Crippen MR) is 118 cm³/mol. The first-order valence-electron chi connectivity index (χ1n) is 9.72. The molecule has 0 saturated heterocycles. The van der Waals surface area contributed by atoms with Crippen molar-refractivity contribution >= 4 is 33.6 Å². The highest BCUT2D eigenvalue weighted by molar-refractivity contribution is 5.83.